The van der Waals surface area contributed by atoms with Gasteiger partial charge in [0.15, 0.2) is 6.29 Å². The highest BCUT2D eigenvalue weighted by Gasteiger charge is 2.62. The predicted molar refractivity (Wildman–Crippen MR) is 101 cm³/mol. The van der Waals surface area contributed by atoms with Crippen LogP contribution in [0.1, 0.15) is 0 Å². The van der Waals surface area contributed by atoms with Crippen LogP contribution in [0.15, 0.2) is 0 Å². The molecule has 0 aromatic rings. The zero-order valence-electron chi connectivity index (χ0n) is 17.8. The first-order valence-electron chi connectivity index (χ1n) is 10.5. The van der Waals surface area contributed by atoms with Crippen molar-refractivity contribution in [1.82, 2.24) is 0 Å². The van der Waals surface area contributed by atoms with Crippen molar-refractivity contribution in [3.8, 4) is 0 Å². The molecule has 0 radical (unpaired) electrons. The molecule has 34 heavy (non-hydrogen) atoms. The van der Waals surface area contributed by atoms with Crippen LogP contribution >= 0.6 is 0 Å². The third-order valence-corrected chi connectivity index (χ3v) is 6.27. The van der Waals surface area contributed by atoms with Gasteiger partial charge in [0.25, 0.3) is 0 Å². The van der Waals surface area contributed by atoms with Gasteiger partial charge in [-0.05, 0) is 0 Å². The quantitative estimate of drug-likeness (QED) is 0.139. The second-order valence-corrected chi connectivity index (χ2v) is 8.43. The van der Waals surface area contributed by atoms with Crippen molar-refractivity contribution in [3.63, 3.8) is 0 Å². The lowest BCUT2D eigenvalue weighted by Crippen LogP contribution is -2.63. The summed E-state index contributed by atoms with van der Waals surface area (Å²) in [6, 6.07) is 0. The molecule has 3 fully saturated rings. The molecular weight excluding hydrogens is 472 g/mol. The molecule has 16 nitrogen and oxygen atoms in total. The number of hydrogen-bond donors (Lipinski definition) is 11. The Kier molecular flexibility index (Phi) is 8.85. The van der Waals surface area contributed by atoms with Gasteiger partial charge in [0.2, 0.25) is 11.6 Å². The fraction of sp³-hybridized carbons (Fsp3) is 1.00. The van der Waals surface area contributed by atoms with Gasteiger partial charge in [0.05, 0.1) is 19.8 Å². The van der Waals surface area contributed by atoms with E-state index in [1.54, 1.807) is 0 Å². The molecule has 13 atom stereocenters. The molecule has 0 bridgehead atoms. The molecular formula is C18H32O16. The van der Waals surface area contributed by atoms with Crippen LogP contribution in [-0.2, 0) is 23.7 Å². The molecule has 0 aliphatic carbocycles. The minimum atomic E-state index is -2.49. The van der Waals surface area contributed by atoms with Crippen LogP contribution in [0.5, 0.6) is 0 Å². The average Bonchev–Trinajstić information content (AvgIpc) is 3.23. The number of hydrogen-bond acceptors (Lipinski definition) is 16. The van der Waals surface area contributed by atoms with E-state index in [9.17, 15) is 56.2 Å². The van der Waals surface area contributed by atoms with Crippen molar-refractivity contribution in [2.45, 2.75) is 78.9 Å². The van der Waals surface area contributed by atoms with Gasteiger partial charge in [-0.15, -0.1) is 0 Å². The molecule has 3 aliphatic rings. The molecule has 16 heteroatoms. The zero-order chi connectivity index (χ0) is 25.4. The lowest BCUT2D eigenvalue weighted by Gasteiger charge is -2.44. The van der Waals surface area contributed by atoms with E-state index < -0.39 is 112 Å². The summed E-state index contributed by atoms with van der Waals surface area (Å²) in [5.74, 6) is -4.84. The Balaban J connectivity index is 1.87. The largest absolute Gasteiger partial charge is 0.394 e. The van der Waals surface area contributed by atoms with Gasteiger partial charge in [-0.25, -0.2) is 0 Å². The molecule has 200 valence electrons. The fourth-order valence-corrected chi connectivity index (χ4v) is 4.14. The summed E-state index contributed by atoms with van der Waals surface area (Å²) in [5, 5.41) is 109. The predicted octanol–water partition coefficient (Wildman–Crippen LogP) is -7.57. The number of rotatable bonds is 9. The molecule has 11 N–H and O–H groups in total. The fourth-order valence-electron chi connectivity index (χ4n) is 4.14. The molecule has 0 amide bonds. The van der Waals surface area contributed by atoms with E-state index >= 15 is 0 Å². The number of aliphatic hydroxyl groups is 11. The normalized spacial score (nSPS) is 51.8. The highest BCUT2D eigenvalue weighted by Crippen LogP contribution is 2.39. The van der Waals surface area contributed by atoms with Crippen LogP contribution in [0.25, 0.3) is 0 Å². The molecule has 3 rings (SSSR count). The Bertz CT molecular complexity index is 668. The number of ether oxygens (including phenoxy) is 5. The molecule has 3 aliphatic heterocycles. The zero-order valence-corrected chi connectivity index (χ0v) is 17.8. The summed E-state index contributed by atoms with van der Waals surface area (Å²) >= 11 is 0. The smallest absolute Gasteiger partial charge is 0.224 e. The maximum atomic E-state index is 10.7. The summed E-state index contributed by atoms with van der Waals surface area (Å²) in [4.78, 5) is 0. The van der Waals surface area contributed by atoms with Gasteiger partial charge in [-0.3, -0.25) is 0 Å². The summed E-state index contributed by atoms with van der Waals surface area (Å²) in [7, 11) is 0. The maximum absolute atomic E-state index is 10.7. The van der Waals surface area contributed by atoms with Gasteiger partial charge in [0.1, 0.15) is 74.3 Å². The van der Waals surface area contributed by atoms with Gasteiger partial charge in [0, 0.05) is 0 Å². The Hall–Kier alpha value is -0.640. The first-order valence-corrected chi connectivity index (χ1v) is 10.5. The molecule has 3 saturated heterocycles. The first-order chi connectivity index (χ1) is 16.0. The molecule has 0 aromatic heterocycles. The second kappa shape index (κ2) is 10.8. The lowest BCUT2D eigenvalue weighted by atomic mass is 9.99. The van der Waals surface area contributed by atoms with Gasteiger partial charge < -0.3 is 79.9 Å². The SMILES string of the molecule is OC[C@H]1O[C@@](CO)(OC[C@@]2(O[C@@H]3O[C@H](CO)[C@@H](O)[C@H](O)[C@H]3O)O[C@H](CO)[C@@H](O)[C@@H]2O)[C@@H](O)[C@@H]1O. The summed E-state index contributed by atoms with van der Waals surface area (Å²) in [6.45, 7) is -4.40. The summed E-state index contributed by atoms with van der Waals surface area (Å²) in [6.07, 6.45) is -19.0. The minimum absolute atomic E-state index is 0.750. The highest BCUT2D eigenvalue weighted by molar-refractivity contribution is 5.01. The Morgan fingerprint density at radius 1 is 0.588 bits per heavy atom. The third kappa shape index (κ3) is 4.71. The van der Waals surface area contributed by atoms with E-state index in [0.717, 1.165) is 0 Å². The van der Waals surface area contributed by atoms with E-state index in [-0.39, 0.29) is 0 Å². The third-order valence-electron chi connectivity index (χ3n) is 6.27. The van der Waals surface area contributed by atoms with E-state index in [1.165, 1.54) is 0 Å². The molecule has 0 unspecified atom stereocenters. The average molecular weight is 504 g/mol. The molecule has 0 spiro atoms. The van der Waals surface area contributed by atoms with Crippen molar-refractivity contribution < 1.29 is 79.9 Å². The van der Waals surface area contributed by atoms with E-state index in [1.807, 2.05) is 0 Å². The Morgan fingerprint density at radius 2 is 1.09 bits per heavy atom. The lowest BCUT2D eigenvalue weighted by molar-refractivity contribution is -0.399. The van der Waals surface area contributed by atoms with E-state index in [0.29, 0.717) is 0 Å². The Labute approximate surface area is 192 Å². The van der Waals surface area contributed by atoms with Gasteiger partial charge in [-0.1, -0.05) is 0 Å². The van der Waals surface area contributed by atoms with E-state index in [4.69, 9.17) is 23.7 Å². The highest BCUT2D eigenvalue weighted by atomic mass is 16.8. The van der Waals surface area contributed by atoms with Crippen LogP contribution in [0.4, 0.5) is 0 Å². The van der Waals surface area contributed by atoms with Gasteiger partial charge >= 0.3 is 0 Å². The van der Waals surface area contributed by atoms with Crippen LogP contribution in [0.2, 0.25) is 0 Å². The van der Waals surface area contributed by atoms with Crippen molar-refractivity contribution in [2.75, 3.05) is 33.0 Å². The van der Waals surface area contributed by atoms with Crippen LogP contribution < -0.4 is 0 Å². The number of aliphatic hydroxyl groups excluding tert-OH is 11. The first kappa shape index (κ1) is 27.9. The van der Waals surface area contributed by atoms with Crippen LogP contribution in [0.3, 0.4) is 0 Å². The van der Waals surface area contributed by atoms with Gasteiger partial charge in [-0.2, -0.15) is 0 Å². The van der Waals surface area contributed by atoms with Crippen molar-refractivity contribution >= 4 is 0 Å². The minimum Gasteiger partial charge on any atom is -0.394 e. The van der Waals surface area contributed by atoms with Crippen molar-refractivity contribution in [1.29, 1.82) is 0 Å². The summed E-state index contributed by atoms with van der Waals surface area (Å²) < 4.78 is 26.9. The van der Waals surface area contributed by atoms with E-state index in [2.05, 4.69) is 0 Å². The maximum Gasteiger partial charge on any atom is 0.224 e. The van der Waals surface area contributed by atoms with Crippen LogP contribution in [0, 0.1) is 0 Å². The Morgan fingerprint density at radius 3 is 1.56 bits per heavy atom. The van der Waals surface area contributed by atoms with Crippen LogP contribution in [-0.4, -0.2) is 168 Å². The standard InChI is InChI=1S/C18H32O16/c19-1-6-9(23)12(26)13(27)16(31-6)34-18(15(29)11(25)8(3-21)33-18)5-30-17(4-22)14(28)10(24)7(2-20)32-17/h6-16,19-29H,1-5H2/t6-,7-,8-,9-,10-,11-,12+,13-,14+,15+,16+,17-,18+/m1/s1. The van der Waals surface area contributed by atoms with Crippen molar-refractivity contribution in [2.24, 2.45) is 0 Å². The molecule has 3 heterocycles. The topological polar surface area (TPSA) is 269 Å². The summed E-state index contributed by atoms with van der Waals surface area (Å²) in [5.41, 5.74) is 0. The monoisotopic (exact) mass is 504 g/mol. The second-order valence-electron chi connectivity index (χ2n) is 8.43. The van der Waals surface area contributed by atoms with Crippen molar-refractivity contribution in [3.05, 3.63) is 0 Å². The molecule has 0 saturated carbocycles. The molecule has 0 aromatic carbocycles.